The van der Waals surface area contributed by atoms with Crippen LogP contribution in [0.15, 0.2) is 12.1 Å². The van der Waals surface area contributed by atoms with Crippen molar-refractivity contribution in [3.8, 4) is 0 Å². The standard InChI is InChI=1S/C19H28N2O/c1-12(2)22-11-15-10-18-17(20-15)9-13-8-14(19(3,4)5)6-7-16(13)21-18/h9-10,12,14,20H,6-8,11H2,1-5H3. The molecule has 1 aliphatic rings. The fourth-order valence-corrected chi connectivity index (χ4v) is 3.34. The molecule has 0 radical (unpaired) electrons. The Labute approximate surface area is 133 Å². The van der Waals surface area contributed by atoms with E-state index in [0.29, 0.717) is 12.0 Å². The number of pyridine rings is 1. The van der Waals surface area contributed by atoms with Crippen LogP contribution < -0.4 is 0 Å². The van der Waals surface area contributed by atoms with Gasteiger partial charge in [-0.2, -0.15) is 0 Å². The number of nitrogens with zero attached hydrogens (tertiary/aromatic N) is 1. The first kappa shape index (κ1) is 15.5. The van der Waals surface area contributed by atoms with Gasteiger partial charge in [0.2, 0.25) is 0 Å². The molecule has 3 heteroatoms. The summed E-state index contributed by atoms with van der Waals surface area (Å²) in [7, 11) is 0. The van der Waals surface area contributed by atoms with E-state index in [0.717, 1.165) is 35.5 Å². The van der Waals surface area contributed by atoms with Crippen LogP contribution in [0.1, 0.15) is 58.0 Å². The van der Waals surface area contributed by atoms with Crippen molar-refractivity contribution in [3.63, 3.8) is 0 Å². The average molecular weight is 300 g/mol. The normalized spacial score (nSPS) is 18.9. The molecule has 22 heavy (non-hydrogen) atoms. The zero-order valence-electron chi connectivity index (χ0n) is 14.5. The summed E-state index contributed by atoms with van der Waals surface area (Å²) < 4.78 is 5.69. The zero-order valence-corrected chi connectivity index (χ0v) is 14.5. The van der Waals surface area contributed by atoms with Gasteiger partial charge in [0.1, 0.15) is 0 Å². The number of aromatic amines is 1. The molecule has 0 bridgehead atoms. The van der Waals surface area contributed by atoms with Crippen LogP contribution >= 0.6 is 0 Å². The monoisotopic (exact) mass is 300 g/mol. The van der Waals surface area contributed by atoms with Gasteiger partial charge in [-0.25, -0.2) is 0 Å². The van der Waals surface area contributed by atoms with Crippen molar-refractivity contribution in [1.82, 2.24) is 9.97 Å². The molecule has 0 saturated carbocycles. The summed E-state index contributed by atoms with van der Waals surface area (Å²) in [6.07, 6.45) is 3.76. The number of H-pyrrole nitrogens is 1. The lowest BCUT2D eigenvalue weighted by Crippen LogP contribution is -2.27. The van der Waals surface area contributed by atoms with Crippen molar-refractivity contribution in [2.75, 3.05) is 0 Å². The highest BCUT2D eigenvalue weighted by atomic mass is 16.5. The highest BCUT2D eigenvalue weighted by Gasteiger charge is 2.29. The van der Waals surface area contributed by atoms with Crippen molar-refractivity contribution in [2.24, 2.45) is 11.3 Å². The lowest BCUT2D eigenvalue weighted by molar-refractivity contribution is 0.0639. The van der Waals surface area contributed by atoms with E-state index in [2.05, 4.69) is 51.7 Å². The first-order valence-corrected chi connectivity index (χ1v) is 8.45. The van der Waals surface area contributed by atoms with Crippen LogP contribution in [0.5, 0.6) is 0 Å². The third-order valence-electron chi connectivity index (χ3n) is 4.82. The maximum absolute atomic E-state index is 5.69. The van der Waals surface area contributed by atoms with Crippen LogP contribution in [0.3, 0.4) is 0 Å². The Kier molecular flexibility index (Phi) is 4.02. The third-order valence-corrected chi connectivity index (χ3v) is 4.82. The molecule has 2 aromatic heterocycles. The number of aromatic nitrogens is 2. The molecule has 0 saturated heterocycles. The summed E-state index contributed by atoms with van der Waals surface area (Å²) in [5, 5.41) is 0. The topological polar surface area (TPSA) is 37.9 Å². The van der Waals surface area contributed by atoms with Crippen LogP contribution in [0.2, 0.25) is 0 Å². The first-order valence-electron chi connectivity index (χ1n) is 8.45. The summed E-state index contributed by atoms with van der Waals surface area (Å²) in [4.78, 5) is 8.36. The Balaban J connectivity index is 1.86. The Hall–Kier alpha value is -1.35. The second-order valence-corrected chi connectivity index (χ2v) is 7.99. The highest BCUT2D eigenvalue weighted by molar-refractivity contribution is 5.77. The molecular weight excluding hydrogens is 272 g/mol. The van der Waals surface area contributed by atoms with Crippen LogP contribution in [-0.4, -0.2) is 16.1 Å². The van der Waals surface area contributed by atoms with Gasteiger partial charge in [0, 0.05) is 11.4 Å². The van der Waals surface area contributed by atoms with E-state index < -0.39 is 0 Å². The Morgan fingerprint density at radius 3 is 2.77 bits per heavy atom. The van der Waals surface area contributed by atoms with Gasteiger partial charge in [-0.15, -0.1) is 0 Å². The minimum absolute atomic E-state index is 0.250. The zero-order chi connectivity index (χ0) is 15.9. The van der Waals surface area contributed by atoms with Crippen LogP contribution in [0.25, 0.3) is 11.0 Å². The minimum Gasteiger partial charge on any atom is -0.373 e. The molecule has 0 amide bonds. The molecule has 3 nitrogen and oxygen atoms in total. The van der Waals surface area contributed by atoms with Gasteiger partial charge < -0.3 is 9.72 Å². The average Bonchev–Trinajstić information content (AvgIpc) is 2.82. The van der Waals surface area contributed by atoms with E-state index in [9.17, 15) is 0 Å². The van der Waals surface area contributed by atoms with Gasteiger partial charge in [0.25, 0.3) is 0 Å². The molecule has 2 aromatic rings. The lowest BCUT2D eigenvalue weighted by Gasteiger charge is -2.34. The molecule has 0 aliphatic heterocycles. The molecule has 120 valence electrons. The third kappa shape index (κ3) is 3.19. The van der Waals surface area contributed by atoms with E-state index in [1.165, 1.54) is 17.7 Å². The van der Waals surface area contributed by atoms with Gasteiger partial charge in [-0.05, 0) is 62.1 Å². The van der Waals surface area contributed by atoms with Crippen molar-refractivity contribution >= 4 is 11.0 Å². The number of hydrogen-bond acceptors (Lipinski definition) is 2. The first-order chi connectivity index (χ1) is 10.3. The summed E-state index contributed by atoms with van der Waals surface area (Å²) in [6.45, 7) is 11.8. The number of aryl methyl sites for hydroxylation is 1. The molecule has 1 unspecified atom stereocenters. The second-order valence-electron chi connectivity index (χ2n) is 7.99. The summed E-state index contributed by atoms with van der Waals surface area (Å²) >= 11 is 0. The number of fused-ring (bicyclic) bond motifs is 2. The summed E-state index contributed by atoms with van der Waals surface area (Å²) in [6, 6.07) is 4.45. The van der Waals surface area contributed by atoms with E-state index in [4.69, 9.17) is 9.72 Å². The fourth-order valence-electron chi connectivity index (χ4n) is 3.34. The molecule has 1 atom stereocenters. The number of hydrogen-bond donors (Lipinski definition) is 1. The largest absolute Gasteiger partial charge is 0.373 e. The van der Waals surface area contributed by atoms with Gasteiger partial charge in [0.15, 0.2) is 0 Å². The molecule has 1 aliphatic carbocycles. The van der Waals surface area contributed by atoms with Crippen molar-refractivity contribution < 1.29 is 4.74 Å². The Morgan fingerprint density at radius 1 is 1.32 bits per heavy atom. The fraction of sp³-hybridized carbons (Fsp3) is 0.632. The highest BCUT2D eigenvalue weighted by Crippen LogP contribution is 2.37. The molecule has 0 fully saturated rings. The van der Waals surface area contributed by atoms with Crippen LogP contribution in [0, 0.1) is 11.3 Å². The van der Waals surface area contributed by atoms with Gasteiger partial charge in [-0.3, -0.25) is 4.98 Å². The van der Waals surface area contributed by atoms with Crippen molar-refractivity contribution in [2.45, 2.75) is 66.6 Å². The predicted octanol–water partition coefficient (Wildman–Crippen LogP) is 4.64. The summed E-state index contributed by atoms with van der Waals surface area (Å²) in [5.41, 5.74) is 6.44. The van der Waals surface area contributed by atoms with Crippen molar-refractivity contribution in [3.05, 3.63) is 29.1 Å². The number of ether oxygens (including phenoxy) is 1. The molecule has 3 rings (SSSR count). The van der Waals surface area contributed by atoms with Gasteiger partial charge in [0.05, 0.1) is 23.7 Å². The molecule has 2 heterocycles. The van der Waals surface area contributed by atoms with Gasteiger partial charge in [-0.1, -0.05) is 20.8 Å². The Morgan fingerprint density at radius 2 is 2.09 bits per heavy atom. The van der Waals surface area contributed by atoms with E-state index in [1.807, 2.05) is 0 Å². The molecule has 0 spiro atoms. The molecule has 1 N–H and O–H groups in total. The summed E-state index contributed by atoms with van der Waals surface area (Å²) in [5.74, 6) is 0.748. The van der Waals surface area contributed by atoms with E-state index in [-0.39, 0.29) is 6.10 Å². The van der Waals surface area contributed by atoms with E-state index in [1.54, 1.807) is 0 Å². The maximum atomic E-state index is 5.69. The molecular formula is C19H28N2O. The van der Waals surface area contributed by atoms with Crippen LogP contribution in [0.4, 0.5) is 0 Å². The van der Waals surface area contributed by atoms with Gasteiger partial charge >= 0.3 is 0 Å². The predicted molar refractivity (Wildman–Crippen MR) is 91.0 cm³/mol. The molecule has 0 aromatic carbocycles. The van der Waals surface area contributed by atoms with Crippen molar-refractivity contribution in [1.29, 1.82) is 0 Å². The number of nitrogens with one attached hydrogen (secondary N) is 1. The smallest absolute Gasteiger partial charge is 0.0886 e. The quantitative estimate of drug-likeness (QED) is 0.896. The number of rotatable bonds is 3. The maximum Gasteiger partial charge on any atom is 0.0886 e. The second kappa shape index (κ2) is 5.69. The van der Waals surface area contributed by atoms with E-state index >= 15 is 0 Å². The lowest BCUT2D eigenvalue weighted by atomic mass is 9.71. The minimum atomic E-state index is 0.250. The Bertz CT molecular complexity index is 664. The SMILES string of the molecule is CC(C)OCc1cc2nc3c(cc2[nH]1)CC(C(C)(C)C)CC3. The van der Waals surface area contributed by atoms with Crippen LogP contribution in [-0.2, 0) is 24.2 Å².